The van der Waals surface area contributed by atoms with Crippen LogP contribution in [-0.2, 0) is 9.53 Å². The zero-order chi connectivity index (χ0) is 10.2. The molecule has 1 atom stereocenters. The van der Waals surface area contributed by atoms with E-state index in [2.05, 4.69) is 0 Å². The van der Waals surface area contributed by atoms with Crippen LogP contribution < -0.4 is 0 Å². The van der Waals surface area contributed by atoms with Gasteiger partial charge in [-0.05, 0) is 12.3 Å². The fraction of sp³-hybridized carbons (Fsp3) is 0.917. The Labute approximate surface area is 86.0 Å². The van der Waals surface area contributed by atoms with Gasteiger partial charge in [0.05, 0.1) is 11.5 Å². The van der Waals surface area contributed by atoms with Crippen molar-refractivity contribution in [2.75, 3.05) is 6.61 Å². The van der Waals surface area contributed by atoms with E-state index in [0.29, 0.717) is 12.2 Å². The summed E-state index contributed by atoms with van der Waals surface area (Å²) in [5.74, 6) is 1.26. The van der Waals surface area contributed by atoms with Gasteiger partial charge in [-0.2, -0.15) is 0 Å². The summed E-state index contributed by atoms with van der Waals surface area (Å²) in [6, 6.07) is 0. The third kappa shape index (κ3) is 1.72. The van der Waals surface area contributed by atoms with E-state index in [0.717, 1.165) is 12.5 Å². The Morgan fingerprint density at radius 2 is 2.14 bits per heavy atom. The molecule has 80 valence electrons. The molecular formula is C12H20O2. The smallest absolute Gasteiger partial charge is 0.143 e. The van der Waals surface area contributed by atoms with Crippen LogP contribution in [-0.4, -0.2) is 18.5 Å². The standard InChI is InChI=1S/C12H20O2/c1-12(2)10(13)8-11(12)14-7-6-9-4-3-5-9/h9,11H,3-8H2,1-2H3. The van der Waals surface area contributed by atoms with Crippen molar-refractivity contribution in [3.05, 3.63) is 0 Å². The Morgan fingerprint density at radius 1 is 1.43 bits per heavy atom. The first-order valence-corrected chi connectivity index (χ1v) is 5.75. The fourth-order valence-corrected chi connectivity index (χ4v) is 2.16. The quantitative estimate of drug-likeness (QED) is 0.690. The van der Waals surface area contributed by atoms with Crippen molar-refractivity contribution in [2.24, 2.45) is 11.3 Å². The Hall–Kier alpha value is -0.370. The fourth-order valence-electron chi connectivity index (χ4n) is 2.16. The number of hydrogen-bond donors (Lipinski definition) is 0. The predicted octanol–water partition coefficient (Wildman–Crippen LogP) is 2.56. The van der Waals surface area contributed by atoms with Crippen LogP contribution >= 0.6 is 0 Å². The topological polar surface area (TPSA) is 26.3 Å². The number of carbonyl (C=O) groups is 1. The van der Waals surface area contributed by atoms with Crippen LogP contribution in [0.25, 0.3) is 0 Å². The summed E-state index contributed by atoms with van der Waals surface area (Å²) < 4.78 is 5.75. The molecule has 0 heterocycles. The van der Waals surface area contributed by atoms with Crippen molar-refractivity contribution < 1.29 is 9.53 Å². The Balaban J connectivity index is 1.64. The van der Waals surface area contributed by atoms with E-state index in [1.165, 1.54) is 25.7 Å². The van der Waals surface area contributed by atoms with Crippen LogP contribution in [0.1, 0.15) is 46.0 Å². The van der Waals surface area contributed by atoms with Gasteiger partial charge in [0.25, 0.3) is 0 Å². The molecule has 0 radical (unpaired) electrons. The molecule has 0 aromatic heterocycles. The minimum absolute atomic E-state index is 0.190. The first-order chi connectivity index (χ1) is 6.60. The Bertz CT molecular complexity index is 228. The number of hydrogen-bond acceptors (Lipinski definition) is 2. The highest BCUT2D eigenvalue weighted by atomic mass is 16.5. The molecule has 0 aliphatic heterocycles. The van der Waals surface area contributed by atoms with E-state index in [1.807, 2.05) is 13.8 Å². The van der Waals surface area contributed by atoms with Gasteiger partial charge in [-0.15, -0.1) is 0 Å². The largest absolute Gasteiger partial charge is 0.377 e. The molecule has 2 nitrogen and oxygen atoms in total. The summed E-state index contributed by atoms with van der Waals surface area (Å²) in [5.41, 5.74) is -0.209. The van der Waals surface area contributed by atoms with Gasteiger partial charge in [0.15, 0.2) is 0 Å². The second kappa shape index (κ2) is 3.65. The first-order valence-electron chi connectivity index (χ1n) is 5.75. The number of ketones is 1. The molecule has 0 spiro atoms. The first kappa shape index (κ1) is 10.2. The lowest BCUT2D eigenvalue weighted by atomic mass is 9.68. The van der Waals surface area contributed by atoms with Gasteiger partial charge in [0.2, 0.25) is 0 Å². The minimum atomic E-state index is -0.209. The molecule has 2 fully saturated rings. The van der Waals surface area contributed by atoms with Crippen LogP contribution in [0.2, 0.25) is 0 Å². The zero-order valence-electron chi connectivity index (χ0n) is 9.21. The normalized spacial score (nSPS) is 31.0. The van der Waals surface area contributed by atoms with Gasteiger partial charge in [0.1, 0.15) is 5.78 Å². The molecule has 0 amide bonds. The Morgan fingerprint density at radius 3 is 2.57 bits per heavy atom. The third-order valence-corrected chi connectivity index (χ3v) is 3.96. The average Bonchev–Trinajstić information content (AvgIpc) is 2.07. The van der Waals surface area contributed by atoms with E-state index in [4.69, 9.17) is 4.74 Å². The lowest BCUT2D eigenvalue weighted by Gasteiger charge is -2.42. The summed E-state index contributed by atoms with van der Waals surface area (Å²) in [6.07, 6.45) is 6.19. The molecule has 0 aromatic carbocycles. The maximum absolute atomic E-state index is 11.2. The highest BCUT2D eigenvalue weighted by Gasteiger charge is 2.48. The van der Waals surface area contributed by atoms with Crippen molar-refractivity contribution in [1.29, 1.82) is 0 Å². The number of Topliss-reactive ketones (excluding diaryl/α,β-unsaturated/α-hetero) is 1. The predicted molar refractivity (Wildman–Crippen MR) is 55.1 cm³/mol. The van der Waals surface area contributed by atoms with Crippen molar-refractivity contribution in [2.45, 2.75) is 52.1 Å². The monoisotopic (exact) mass is 196 g/mol. The summed E-state index contributed by atoms with van der Waals surface area (Å²) in [4.78, 5) is 11.2. The van der Waals surface area contributed by atoms with Gasteiger partial charge < -0.3 is 4.74 Å². The van der Waals surface area contributed by atoms with E-state index in [1.54, 1.807) is 0 Å². The molecule has 1 unspecified atom stereocenters. The van der Waals surface area contributed by atoms with Crippen molar-refractivity contribution >= 4 is 5.78 Å². The van der Waals surface area contributed by atoms with Gasteiger partial charge in [-0.3, -0.25) is 4.79 Å². The van der Waals surface area contributed by atoms with Gasteiger partial charge in [-0.1, -0.05) is 33.1 Å². The minimum Gasteiger partial charge on any atom is -0.377 e. The summed E-state index contributed by atoms with van der Waals surface area (Å²) in [7, 11) is 0. The van der Waals surface area contributed by atoms with Crippen molar-refractivity contribution in [3.63, 3.8) is 0 Å². The van der Waals surface area contributed by atoms with Crippen LogP contribution in [0.4, 0.5) is 0 Å². The SMILES string of the molecule is CC1(C)C(=O)CC1OCCC1CCC1. The molecular weight excluding hydrogens is 176 g/mol. The van der Waals surface area contributed by atoms with E-state index in [-0.39, 0.29) is 11.5 Å². The summed E-state index contributed by atoms with van der Waals surface area (Å²) in [6.45, 7) is 4.84. The third-order valence-electron chi connectivity index (χ3n) is 3.96. The molecule has 2 aliphatic rings. The molecule has 0 saturated heterocycles. The highest BCUT2D eigenvalue weighted by Crippen LogP contribution is 2.39. The maximum atomic E-state index is 11.2. The molecule has 0 N–H and O–H groups in total. The molecule has 2 heteroatoms. The maximum Gasteiger partial charge on any atom is 0.143 e. The molecule has 14 heavy (non-hydrogen) atoms. The molecule has 2 rings (SSSR count). The molecule has 0 aromatic rings. The van der Waals surface area contributed by atoms with Crippen molar-refractivity contribution in [3.8, 4) is 0 Å². The van der Waals surface area contributed by atoms with E-state index < -0.39 is 0 Å². The lowest BCUT2D eigenvalue weighted by Crippen LogP contribution is -2.51. The van der Waals surface area contributed by atoms with Gasteiger partial charge in [0, 0.05) is 13.0 Å². The highest BCUT2D eigenvalue weighted by molar-refractivity contribution is 5.91. The molecule has 0 bridgehead atoms. The van der Waals surface area contributed by atoms with Crippen molar-refractivity contribution in [1.82, 2.24) is 0 Å². The number of carbonyl (C=O) groups excluding carboxylic acids is 1. The number of rotatable bonds is 4. The average molecular weight is 196 g/mol. The second-order valence-electron chi connectivity index (χ2n) is 5.29. The number of ether oxygens (including phenoxy) is 1. The van der Waals surface area contributed by atoms with Gasteiger partial charge in [-0.25, -0.2) is 0 Å². The second-order valence-corrected chi connectivity index (χ2v) is 5.29. The van der Waals surface area contributed by atoms with Crippen LogP contribution in [0, 0.1) is 11.3 Å². The van der Waals surface area contributed by atoms with E-state index >= 15 is 0 Å². The lowest BCUT2D eigenvalue weighted by molar-refractivity contribution is -0.158. The Kier molecular flexibility index (Phi) is 2.65. The van der Waals surface area contributed by atoms with Crippen LogP contribution in [0.15, 0.2) is 0 Å². The summed E-state index contributed by atoms with van der Waals surface area (Å²) >= 11 is 0. The van der Waals surface area contributed by atoms with Crippen LogP contribution in [0.3, 0.4) is 0 Å². The van der Waals surface area contributed by atoms with Gasteiger partial charge >= 0.3 is 0 Å². The summed E-state index contributed by atoms with van der Waals surface area (Å²) in [5, 5.41) is 0. The zero-order valence-corrected chi connectivity index (χ0v) is 9.21. The van der Waals surface area contributed by atoms with E-state index in [9.17, 15) is 4.79 Å². The molecule has 2 aliphatic carbocycles. The molecule has 2 saturated carbocycles. The van der Waals surface area contributed by atoms with Crippen LogP contribution in [0.5, 0.6) is 0 Å².